The van der Waals surface area contributed by atoms with E-state index in [1.807, 2.05) is 38.2 Å². The van der Waals surface area contributed by atoms with Crippen molar-refractivity contribution < 1.29 is 0 Å². The first-order chi connectivity index (χ1) is 8.70. The molecule has 6 heteroatoms. The molecule has 5 nitrogen and oxygen atoms in total. The molecule has 18 heavy (non-hydrogen) atoms. The van der Waals surface area contributed by atoms with E-state index in [-0.39, 0.29) is 6.04 Å². The highest BCUT2D eigenvalue weighted by molar-refractivity contribution is 6.30. The first-order valence-electron chi connectivity index (χ1n) is 5.87. The van der Waals surface area contributed by atoms with Crippen molar-refractivity contribution in [3.63, 3.8) is 0 Å². The summed E-state index contributed by atoms with van der Waals surface area (Å²) in [6.07, 6.45) is 0.882. The van der Waals surface area contributed by atoms with Crippen LogP contribution in [0.25, 0.3) is 0 Å². The molecule has 1 heterocycles. The predicted octanol–water partition coefficient (Wildman–Crippen LogP) is 1.83. The average Bonchev–Trinajstić information content (AvgIpc) is 2.76. The van der Waals surface area contributed by atoms with Gasteiger partial charge in [0.25, 0.3) is 0 Å². The molecule has 0 aliphatic rings. The van der Waals surface area contributed by atoms with Gasteiger partial charge >= 0.3 is 0 Å². The summed E-state index contributed by atoms with van der Waals surface area (Å²) in [5.41, 5.74) is 1.09. The van der Waals surface area contributed by atoms with E-state index in [9.17, 15) is 0 Å². The molecule has 0 radical (unpaired) electrons. The van der Waals surface area contributed by atoms with Crippen molar-refractivity contribution in [3.05, 3.63) is 40.7 Å². The maximum atomic E-state index is 6.03. The van der Waals surface area contributed by atoms with E-state index >= 15 is 0 Å². The van der Waals surface area contributed by atoms with E-state index in [1.165, 1.54) is 0 Å². The number of nitrogens with zero attached hydrogens (tertiary/aromatic N) is 4. The Kier molecular flexibility index (Phi) is 4.28. The number of hydrogen-bond acceptors (Lipinski definition) is 4. The van der Waals surface area contributed by atoms with E-state index in [2.05, 4.69) is 20.7 Å². The molecular weight excluding hydrogens is 250 g/mol. The topological polar surface area (TPSA) is 55.6 Å². The van der Waals surface area contributed by atoms with Crippen LogP contribution in [-0.2, 0) is 0 Å². The van der Waals surface area contributed by atoms with E-state index in [0.29, 0.717) is 5.82 Å². The molecule has 0 aliphatic carbocycles. The highest BCUT2D eigenvalue weighted by Gasteiger charge is 2.16. The van der Waals surface area contributed by atoms with Crippen molar-refractivity contribution in [1.82, 2.24) is 25.5 Å². The molecule has 0 fully saturated rings. The minimum Gasteiger partial charge on any atom is -0.320 e. The van der Waals surface area contributed by atoms with Gasteiger partial charge in [-0.1, -0.05) is 23.7 Å². The normalized spacial score (nSPS) is 12.6. The van der Waals surface area contributed by atoms with Gasteiger partial charge in [0.2, 0.25) is 0 Å². The van der Waals surface area contributed by atoms with Crippen molar-refractivity contribution in [2.75, 3.05) is 13.6 Å². The zero-order chi connectivity index (χ0) is 13.0. The molecule has 0 aliphatic heterocycles. The lowest BCUT2D eigenvalue weighted by Gasteiger charge is -2.16. The number of aryl methyl sites for hydroxylation is 1. The standard InChI is InChI=1S/C12H16ClN5/c1-9-15-17-18(16-9)12(6-7-14-2)10-4-3-5-11(13)8-10/h3-5,8,12,14H,6-7H2,1-2H3. The third-order valence-electron chi connectivity index (χ3n) is 2.71. The molecule has 96 valence electrons. The fourth-order valence-corrected chi connectivity index (χ4v) is 2.04. The summed E-state index contributed by atoms with van der Waals surface area (Å²) >= 11 is 6.03. The lowest BCUT2D eigenvalue weighted by molar-refractivity contribution is 0.421. The van der Waals surface area contributed by atoms with Crippen molar-refractivity contribution in [1.29, 1.82) is 0 Å². The number of aromatic nitrogens is 4. The van der Waals surface area contributed by atoms with Crippen LogP contribution >= 0.6 is 11.6 Å². The lowest BCUT2D eigenvalue weighted by Crippen LogP contribution is -2.20. The van der Waals surface area contributed by atoms with Crippen LogP contribution in [0.4, 0.5) is 0 Å². The van der Waals surface area contributed by atoms with E-state index in [4.69, 9.17) is 11.6 Å². The number of nitrogens with one attached hydrogen (secondary N) is 1. The number of hydrogen-bond donors (Lipinski definition) is 1. The summed E-state index contributed by atoms with van der Waals surface area (Å²) in [7, 11) is 1.93. The zero-order valence-corrected chi connectivity index (χ0v) is 11.2. The Morgan fingerprint density at radius 2 is 2.28 bits per heavy atom. The van der Waals surface area contributed by atoms with Crippen molar-refractivity contribution in [2.24, 2.45) is 0 Å². The minimum atomic E-state index is 0.0531. The second-order valence-corrected chi connectivity index (χ2v) is 4.56. The monoisotopic (exact) mass is 265 g/mol. The quantitative estimate of drug-likeness (QED) is 0.896. The van der Waals surface area contributed by atoms with Gasteiger partial charge in [0.1, 0.15) is 0 Å². The van der Waals surface area contributed by atoms with Gasteiger partial charge in [-0.15, -0.1) is 10.2 Å². The summed E-state index contributed by atoms with van der Waals surface area (Å²) in [6, 6.07) is 7.83. The van der Waals surface area contributed by atoms with Gasteiger partial charge in [-0.2, -0.15) is 4.80 Å². The Bertz CT molecular complexity index is 511. The number of tetrazole rings is 1. The zero-order valence-electron chi connectivity index (χ0n) is 10.5. The van der Waals surface area contributed by atoms with Gasteiger partial charge in [0, 0.05) is 5.02 Å². The Morgan fingerprint density at radius 3 is 2.89 bits per heavy atom. The van der Waals surface area contributed by atoms with Crippen LogP contribution in [0.1, 0.15) is 23.9 Å². The molecule has 0 saturated heterocycles. The third kappa shape index (κ3) is 3.05. The lowest BCUT2D eigenvalue weighted by atomic mass is 10.0. The number of rotatable bonds is 5. The van der Waals surface area contributed by atoms with Crippen LogP contribution < -0.4 is 5.32 Å². The second-order valence-electron chi connectivity index (χ2n) is 4.12. The first-order valence-corrected chi connectivity index (χ1v) is 6.24. The molecule has 1 unspecified atom stereocenters. The summed E-state index contributed by atoms with van der Waals surface area (Å²) in [4.78, 5) is 1.65. The molecule has 1 N–H and O–H groups in total. The smallest absolute Gasteiger partial charge is 0.171 e. The Morgan fingerprint density at radius 1 is 1.44 bits per heavy atom. The maximum absolute atomic E-state index is 6.03. The molecule has 1 aromatic carbocycles. The van der Waals surface area contributed by atoms with Crippen LogP contribution in [0, 0.1) is 6.92 Å². The molecule has 2 rings (SSSR count). The van der Waals surface area contributed by atoms with Crippen LogP contribution in [0.2, 0.25) is 5.02 Å². The van der Waals surface area contributed by atoms with Crippen molar-refractivity contribution in [3.8, 4) is 0 Å². The molecule has 1 aromatic heterocycles. The molecule has 0 amide bonds. The summed E-state index contributed by atoms with van der Waals surface area (Å²) in [5.74, 6) is 0.673. The third-order valence-corrected chi connectivity index (χ3v) is 2.94. The predicted molar refractivity (Wildman–Crippen MR) is 70.7 cm³/mol. The highest BCUT2D eigenvalue weighted by Crippen LogP contribution is 2.22. The Labute approximate surface area is 111 Å². The minimum absolute atomic E-state index is 0.0531. The fourth-order valence-electron chi connectivity index (χ4n) is 1.84. The first kappa shape index (κ1) is 13.0. The molecule has 0 saturated carbocycles. The average molecular weight is 266 g/mol. The van der Waals surface area contributed by atoms with E-state index in [0.717, 1.165) is 23.6 Å². The van der Waals surface area contributed by atoms with Crippen molar-refractivity contribution in [2.45, 2.75) is 19.4 Å². The molecular formula is C12H16ClN5. The highest BCUT2D eigenvalue weighted by atomic mass is 35.5. The van der Waals surface area contributed by atoms with E-state index < -0.39 is 0 Å². The van der Waals surface area contributed by atoms with Crippen LogP contribution in [0.15, 0.2) is 24.3 Å². The Hall–Kier alpha value is -1.46. The maximum Gasteiger partial charge on any atom is 0.171 e. The summed E-state index contributed by atoms with van der Waals surface area (Å²) in [5, 5.41) is 16.2. The van der Waals surface area contributed by atoms with Gasteiger partial charge in [-0.3, -0.25) is 0 Å². The molecule has 2 aromatic rings. The van der Waals surface area contributed by atoms with Crippen LogP contribution in [0.3, 0.4) is 0 Å². The van der Waals surface area contributed by atoms with Gasteiger partial charge in [0.15, 0.2) is 5.82 Å². The summed E-state index contributed by atoms with van der Waals surface area (Å²) in [6.45, 7) is 2.70. The van der Waals surface area contributed by atoms with E-state index in [1.54, 1.807) is 4.80 Å². The Balaban J connectivity index is 2.30. The second kappa shape index (κ2) is 5.93. The van der Waals surface area contributed by atoms with Gasteiger partial charge in [-0.05, 0) is 49.8 Å². The molecule has 0 spiro atoms. The summed E-state index contributed by atoms with van der Waals surface area (Å²) < 4.78 is 0. The number of halogens is 1. The van der Waals surface area contributed by atoms with Crippen molar-refractivity contribution >= 4 is 11.6 Å². The van der Waals surface area contributed by atoms with Gasteiger partial charge < -0.3 is 5.32 Å². The molecule has 1 atom stereocenters. The number of benzene rings is 1. The van der Waals surface area contributed by atoms with Crippen LogP contribution in [-0.4, -0.2) is 33.8 Å². The van der Waals surface area contributed by atoms with Crippen LogP contribution in [0.5, 0.6) is 0 Å². The molecule has 0 bridgehead atoms. The largest absolute Gasteiger partial charge is 0.320 e. The van der Waals surface area contributed by atoms with Gasteiger partial charge in [-0.25, -0.2) is 0 Å². The van der Waals surface area contributed by atoms with Gasteiger partial charge in [0.05, 0.1) is 6.04 Å². The fraction of sp³-hybridized carbons (Fsp3) is 0.417. The SMILES string of the molecule is CNCCC(c1cccc(Cl)c1)n1nnc(C)n1.